The van der Waals surface area contributed by atoms with Crippen molar-refractivity contribution in [3.8, 4) is 11.1 Å². The summed E-state index contributed by atoms with van der Waals surface area (Å²) in [6, 6.07) is 1.97. The lowest BCUT2D eigenvalue weighted by atomic mass is 10.1. The monoisotopic (exact) mass is 257 g/mol. The molecule has 2 rings (SSSR count). The van der Waals surface area contributed by atoms with Gasteiger partial charge in [0.1, 0.15) is 0 Å². The molecule has 0 spiro atoms. The molecule has 98 valence electrons. The van der Waals surface area contributed by atoms with Crippen molar-refractivity contribution in [3.63, 3.8) is 0 Å². The molecule has 5 nitrogen and oxygen atoms in total. The van der Waals surface area contributed by atoms with Gasteiger partial charge < -0.3 is 4.74 Å². The highest BCUT2D eigenvalue weighted by Crippen LogP contribution is 2.21. The number of hydrogen-bond acceptors (Lipinski definition) is 4. The van der Waals surface area contributed by atoms with Crippen LogP contribution in [0.5, 0.6) is 0 Å². The predicted molar refractivity (Wildman–Crippen MR) is 72.1 cm³/mol. The minimum absolute atomic E-state index is 0.371. The quantitative estimate of drug-likeness (QED) is 0.624. The van der Waals surface area contributed by atoms with E-state index >= 15 is 0 Å². The van der Waals surface area contributed by atoms with E-state index in [-0.39, 0.29) is 5.97 Å². The number of carbonyl (C=O) groups is 1. The predicted octanol–water partition coefficient (Wildman–Crippen LogP) is 2.06. The third-order valence-corrected chi connectivity index (χ3v) is 2.77. The van der Waals surface area contributed by atoms with E-state index < -0.39 is 0 Å². The number of nitrogens with zero attached hydrogens (tertiary/aromatic N) is 3. The first-order chi connectivity index (χ1) is 9.10. The summed E-state index contributed by atoms with van der Waals surface area (Å²) in [5.74, 6) is -0.371. The Labute approximate surface area is 111 Å². The normalized spacial score (nSPS) is 11.4. The minimum atomic E-state index is -0.371. The maximum Gasteiger partial charge on any atom is 0.330 e. The molecule has 0 N–H and O–H groups in total. The smallest absolute Gasteiger partial charge is 0.330 e. The average molecular weight is 257 g/mol. The second kappa shape index (κ2) is 5.48. The molecule has 19 heavy (non-hydrogen) atoms. The molecule has 0 aliphatic carbocycles. The zero-order chi connectivity index (χ0) is 13.8. The number of aromatic nitrogens is 3. The van der Waals surface area contributed by atoms with Gasteiger partial charge in [-0.3, -0.25) is 9.67 Å². The van der Waals surface area contributed by atoms with Crippen LogP contribution in [0, 0.1) is 0 Å². The zero-order valence-corrected chi connectivity index (χ0v) is 11.1. The molecule has 0 fully saturated rings. The van der Waals surface area contributed by atoms with E-state index in [0.717, 1.165) is 22.3 Å². The summed E-state index contributed by atoms with van der Waals surface area (Å²) < 4.78 is 6.35. The van der Waals surface area contributed by atoms with Gasteiger partial charge in [0.25, 0.3) is 0 Å². The minimum Gasteiger partial charge on any atom is -0.466 e. The van der Waals surface area contributed by atoms with Crippen LogP contribution in [0.1, 0.15) is 12.5 Å². The Kier molecular flexibility index (Phi) is 3.75. The topological polar surface area (TPSA) is 57.0 Å². The Morgan fingerprint density at radius 3 is 2.74 bits per heavy atom. The van der Waals surface area contributed by atoms with Crippen LogP contribution in [0.25, 0.3) is 16.7 Å². The lowest BCUT2D eigenvalue weighted by Crippen LogP contribution is -1.96. The number of ether oxygens (including phenoxy) is 1. The first kappa shape index (κ1) is 13.0. The van der Waals surface area contributed by atoms with Gasteiger partial charge in [0, 0.05) is 42.8 Å². The molecule has 5 heteroatoms. The summed E-state index contributed by atoms with van der Waals surface area (Å²) >= 11 is 0. The number of methoxy groups -OCH3 is 1. The standard InChI is InChI=1S/C14H15N3O2/c1-10(4-14(18)19-3)11-5-12(7-15-6-11)13-8-16-17(2)9-13/h4-9H,1-3H3/b10-4+. The Morgan fingerprint density at radius 1 is 1.32 bits per heavy atom. The number of carbonyl (C=O) groups excluding carboxylic acids is 1. The Hall–Kier alpha value is -2.43. The lowest BCUT2D eigenvalue weighted by molar-refractivity contribution is -0.134. The van der Waals surface area contributed by atoms with E-state index in [0.29, 0.717) is 0 Å². The number of pyridine rings is 1. The van der Waals surface area contributed by atoms with E-state index in [1.807, 2.05) is 26.2 Å². The largest absolute Gasteiger partial charge is 0.466 e. The molecule has 0 aliphatic heterocycles. The molecule has 0 aliphatic rings. The zero-order valence-electron chi connectivity index (χ0n) is 11.1. The second-order valence-corrected chi connectivity index (χ2v) is 4.22. The van der Waals surface area contributed by atoms with Gasteiger partial charge in [-0.1, -0.05) is 0 Å². The van der Waals surface area contributed by atoms with Gasteiger partial charge >= 0.3 is 5.97 Å². The van der Waals surface area contributed by atoms with Crippen LogP contribution in [0.15, 0.2) is 36.9 Å². The number of esters is 1. The van der Waals surface area contributed by atoms with Crippen molar-refractivity contribution in [1.82, 2.24) is 14.8 Å². The van der Waals surface area contributed by atoms with E-state index in [1.54, 1.807) is 23.3 Å². The van der Waals surface area contributed by atoms with Crippen molar-refractivity contribution in [2.75, 3.05) is 7.11 Å². The average Bonchev–Trinajstić information content (AvgIpc) is 2.85. The van der Waals surface area contributed by atoms with Crippen molar-refractivity contribution in [1.29, 1.82) is 0 Å². The summed E-state index contributed by atoms with van der Waals surface area (Å²) in [4.78, 5) is 15.4. The van der Waals surface area contributed by atoms with Crippen molar-refractivity contribution in [2.45, 2.75) is 6.92 Å². The molecule has 0 radical (unpaired) electrons. The van der Waals surface area contributed by atoms with Gasteiger partial charge in [-0.25, -0.2) is 4.79 Å². The fourth-order valence-corrected chi connectivity index (χ4v) is 1.70. The van der Waals surface area contributed by atoms with Gasteiger partial charge in [-0.15, -0.1) is 0 Å². The highest BCUT2D eigenvalue weighted by Gasteiger charge is 2.05. The molecule has 0 unspecified atom stereocenters. The molecule has 0 atom stereocenters. The van der Waals surface area contributed by atoms with Crippen LogP contribution < -0.4 is 0 Å². The molecule has 0 bridgehead atoms. The lowest BCUT2D eigenvalue weighted by Gasteiger charge is -2.03. The van der Waals surface area contributed by atoms with E-state index in [1.165, 1.54) is 13.2 Å². The Bertz CT molecular complexity index is 629. The Balaban J connectivity index is 2.34. The van der Waals surface area contributed by atoms with Crippen LogP contribution in [-0.2, 0) is 16.6 Å². The molecule has 2 aromatic heterocycles. The molecule has 2 aromatic rings. The first-order valence-corrected chi connectivity index (χ1v) is 5.81. The summed E-state index contributed by atoms with van der Waals surface area (Å²) in [6.07, 6.45) is 8.63. The number of aryl methyl sites for hydroxylation is 1. The molecular formula is C14H15N3O2. The highest BCUT2D eigenvalue weighted by molar-refractivity contribution is 5.91. The third kappa shape index (κ3) is 3.07. The fraction of sp³-hybridized carbons (Fsp3) is 0.214. The molecule has 0 aromatic carbocycles. The maximum absolute atomic E-state index is 11.2. The number of hydrogen-bond donors (Lipinski definition) is 0. The Morgan fingerprint density at radius 2 is 2.11 bits per heavy atom. The van der Waals surface area contributed by atoms with Crippen LogP contribution in [0.4, 0.5) is 0 Å². The third-order valence-electron chi connectivity index (χ3n) is 2.77. The molecule has 2 heterocycles. The summed E-state index contributed by atoms with van der Waals surface area (Å²) in [7, 11) is 3.22. The molecule has 0 amide bonds. The summed E-state index contributed by atoms with van der Waals surface area (Å²) in [5, 5.41) is 4.13. The van der Waals surface area contributed by atoms with Crippen LogP contribution in [0.2, 0.25) is 0 Å². The molecule has 0 saturated carbocycles. The van der Waals surface area contributed by atoms with Gasteiger partial charge in [0.15, 0.2) is 0 Å². The van der Waals surface area contributed by atoms with E-state index in [2.05, 4.69) is 14.8 Å². The van der Waals surface area contributed by atoms with Crippen molar-refractivity contribution in [3.05, 3.63) is 42.5 Å². The van der Waals surface area contributed by atoms with Crippen molar-refractivity contribution in [2.24, 2.45) is 7.05 Å². The van der Waals surface area contributed by atoms with Gasteiger partial charge in [0.2, 0.25) is 0 Å². The van der Waals surface area contributed by atoms with Crippen LogP contribution in [-0.4, -0.2) is 27.8 Å². The van der Waals surface area contributed by atoms with Crippen LogP contribution >= 0.6 is 0 Å². The van der Waals surface area contributed by atoms with Gasteiger partial charge in [-0.05, 0) is 24.1 Å². The molecular weight excluding hydrogens is 242 g/mol. The second-order valence-electron chi connectivity index (χ2n) is 4.22. The van der Waals surface area contributed by atoms with Gasteiger partial charge in [0.05, 0.1) is 13.3 Å². The molecule has 0 saturated heterocycles. The van der Waals surface area contributed by atoms with Gasteiger partial charge in [-0.2, -0.15) is 5.10 Å². The SMILES string of the molecule is COC(=O)/C=C(\C)c1cncc(-c2cnn(C)c2)c1. The van der Waals surface area contributed by atoms with Crippen molar-refractivity contribution >= 4 is 11.5 Å². The number of allylic oxidation sites excluding steroid dienone is 1. The highest BCUT2D eigenvalue weighted by atomic mass is 16.5. The fourth-order valence-electron chi connectivity index (χ4n) is 1.70. The van der Waals surface area contributed by atoms with Crippen molar-refractivity contribution < 1.29 is 9.53 Å². The summed E-state index contributed by atoms with van der Waals surface area (Å²) in [6.45, 7) is 1.85. The maximum atomic E-state index is 11.2. The summed E-state index contributed by atoms with van der Waals surface area (Å²) in [5.41, 5.74) is 3.64. The first-order valence-electron chi connectivity index (χ1n) is 5.81. The van der Waals surface area contributed by atoms with E-state index in [9.17, 15) is 4.79 Å². The van der Waals surface area contributed by atoms with Crippen LogP contribution in [0.3, 0.4) is 0 Å². The number of rotatable bonds is 3. The van der Waals surface area contributed by atoms with E-state index in [4.69, 9.17) is 0 Å².